The maximum absolute atomic E-state index is 12.1. The quantitative estimate of drug-likeness (QED) is 0.196. The molecule has 4 bridgehead atoms. The lowest BCUT2D eigenvalue weighted by Gasteiger charge is -2.57. The predicted octanol–water partition coefficient (Wildman–Crippen LogP) is 7.21. The first-order valence-corrected chi connectivity index (χ1v) is 13.1. The Morgan fingerprint density at radius 1 is 0.600 bits per heavy atom. The Labute approximate surface area is 205 Å². The predicted molar refractivity (Wildman–Crippen MR) is 145 cm³/mol. The molecule has 2 heteroatoms. The van der Waals surface area contributed by atoms with E-state index >= 15 is 0 Å². The van der Waals surface area contributed by atoms with E-state index in [0.717, 1.165) is 39.3 Å². The van der Waals surface area contributed by atoms with Gasteiger partial charge in [0.15, 0.2) is 0 Å². The molecule has 4 aliphatic carbocycles. The van der Waals surface area contributed by atoms with Crippen molar-refractivity contribution in [2.24, 2.45) is 17.8 Å². The molecular weight excluding hydrogens is 428 g/mol. The first-order valence-electron chi connectivity index (χ1n) is 13.1. The Hall–Kier alpha value is -3.26. The minimum absolute atomic E-state index is 0.396. The fourth-order valence-corrected chi connectivity index (χ4v) is 8.15. The van der Waals surface area contributed by atoms with Gasteiger partial charge in [-0.25, -0.2) is 0 Å². The minimum atomic E-state index is -0.396. The highest BCUT2D eigenvalue weighted by atomic mass is 16.2. The smallest absolute Gasteiger partial charge is 0.234 e. The Morgan fingerprint density at radius 2 is 1.06 bits per heavy atom. The van der Waals surface area contributed by atoms with Crippen molar-refractivity contribution in [1.82, 2.24) is 0 Å². The zero-order chi connectivity index (χ0) is 23.7. The van der Waals surface area contributed by atoms with Crippen molar-refractivity contribution in [3.05, 3.63) is 104 Å². The molecule has 0 heterocycles. The number of benzene rings is 5. The van der Waals surface area contributed by atoms with Crippen LogP contribution in [0.25, 0.3) is 32.3 Å². The molecule has 0 unspecified atom stereocenters. The third-order valence-corrected chi connectivity index (χ3v) is 9.28. The number of rotatable bonds is 1. The highest BCUT2D eigenvalue weighted by Crippen LogP contribution is 2.60. The molecule has 4 aliphatic rings. The normalized spacial score (nSPS) is 26.9. The molecule has 2 nitrogen and oxygen atoms in total. The molecule has 0 spiro atoms. The van der Waals surface area contributed by atoms with E-state index in [1.54, 1.807) is 37.0 Å². The third kappa shape index (κ3) is 3.22. The summed E-state index contributed by atoms with van der Waals surface area (Å²) in [5.74, 6) is 3.17. The summed E-state index contributed by atoms with van der Waals surface area (Å²) in [6.07, 6.45) is 9.10. The highest BCUT2D eigenvalue weighted by molar-refractivity contribution is 6.22. The summed E-state index contributed by atoms with van der Waals surface area (Å²) in [5.41, 5.74) is 2.85. The summed E-state index contributed by atoms with van der Waals surface area (Å²) in [6, 6.07) is 24.5. The van der Waals surface area contributed by atoms with Gasteiger partial charge in [0.2, 0.25) is 10.9 Å². The van der Waals surface area contributed by atoms with Crippen molar-refractivity contribution in [1.29, 1.82) is 0 Å². The van der Waals surface area contributed by atoms with Gasteiger partial charge < -0.3 is 0 Å². The first-order chi connectivity index (χ1) is 17.0. The molecule has 0 aromatic heterocycles. The van der Waals surface area contributed by atoms with Gasteiger partial charge in [0.05, 0.1) is 0 Å². The molecule has 35 heavy (non-hydrogen) atoms. The molecule has 4 fully saturated rings. The monoisotopic (exact) mass is 458 g/mol. The molecule has 174 valence electrons. The van der Waals surface area contributed by atoms with Crippen molar-refractivity contribution >= 4 is 32.3 Å². The van der Waals surface area contributed by atoms with Crippen molar-refractivity contribution < 1.29 is 0 Å². The molecule has 0 amide bonds. The SMILES string of the molecule is Cc1ccc(C23CC4CC(CC(C4)C2)C3)cc1.O=c1c(=O)c2cccc3ccc4cccc1c4c32. The zero-order valence-corrected chi connectivity index (χ0v) is 20.2. The van der Waals surface area contributed by atoms with Gasteiger partial charge in [0.25, 0.3) is 0 Å². The van der Waals surface area contributed by atoms with Crippen LogP contribution in [0.1, 0.15) is 49.7 Å². The van der Waals surface area contributed by atoms with E-state index in [0.29, 0.717) is 16.2 Å². The van der Waals surface area contributed by atoms with Gasteiger partial charge in [-0.1, -0.05) is 78.4 Å². The van der Waals surface area contributed by atoms with Gasteiger partial charge in [-0.15, -0.1) is 0 Å². The number of hydrogen-bond donors (Lipinski definition) is 0. The number of aryl methyl sites for hydroxylation is 1. The van der Waals surface area contributed by atoms with E-state index in [-0.39, 0.29) is 0 Å². The summed E-state index contributed by atoms with van der Waals surface area (Å²) in [4.78, 5) is 24.2. The van der Waals surface area contributed by atoms with E-state index in [9.17, 15) is 9.59 Å². The second kappa shape index (κ2) is 7.62. The summed E-state index contributed by atoms with van der Waals surface area (Å²) < 4.78 is 0. The standard InChI is InChI=1S/C17H22.C16H8O2/c1-12-2-4-16(5-3-12)17-9-13-6-14(10-17)8-15(7-13)11-17;17-15-11-5-1-3-9-7-8-10-4-2-6-12(16(15)18)14(10)13(9)11/h2-5,13-15H,6-11H2,1H3;1-8H. The highest BCUT2D eigenvalue weighted by Gasteiger charge is 2.51. The summed E-state index contributed by atoms with van der Waals surface area (Å²) in [7, 11) is 0. The van der Waals surface area contributed by atoms with Crippen LogP contribution < -0.4 is 10.9 Å². The van der Waals surface area contributed by atoms with Gasteiger partial charge >= 0.3 is 0 Å². The lowest BCUT2D eigenvalue weighted by Crippen LogP contribution is -2.48. The Kier molecular flexibility index (Phi) is 4.58. The molecule has 0 radical (unpaired) electrons. The van der Waals surface area contributed by atoms with Crippen LogP contribution in [-0.2, 0) is 5.41 Å². The van der Waals surface area contributed by atoms with Crippen LogP contribution in [0.15, 0.2) is 82.4 Å². The van der Waals surface area contributed by atoms with Crippen LogP contribution in [0, 0.1) is 24.7 Å². The molecular formula is C33H30O2. The average molecular weight is 459 g/mol. The van der Waals surface area contributed by atoms with Crippen molar-refractivity contribution in [2.45, 2.75) is 50.9 Å². The van der Waals surface area contributed by atoms with Crippen LogP contribution in [0.5, 0.6) is 0 Å². The van der Waals surface area contributed by atoms with Crippen molar-refractivity contribution in [3.63, 3.8) is 0 Å². The molecule has 4 saturated carbocycles. The van der Waals surface area contributed by atoms with Crippen LogP contribution in [0.3, 0.4) is 0 Å². The van der Waals surface area contributed by atoms with E-state index in [2.05, 4.69) is 31.2 Å². The maximum atomic E-state index is 12.1. The Bertz CT molecular complexity index is 1550. The molecule has 0 atom stereocenters. The molecule has 0 N–H and O–H groups in total. The van der Waals surface area contributed by atoms with E-state index in [4.69, 9.17) is 0 Å². The second-order valence-corrected chi connectivity index (χ2v) is 11.6. The molecule has 0 aliphatic heterocycles. The Morgan fingerprint density at radius 3 is 1.51 bits per heavy atom. The lowest BCUT2D eigenvalue weighted by atomic mass is 9.48. The lowest BCUT2D eigenvalue weighted by molar-refractivity contribution is -0.00519. The van der Waals surface area contributed by atoms with Crippen LogP contribution in [-0.4, -0.2) is 0 Å². The Balaban J connectivity index is 0.000000120. The maximum Gasteiger partial charge on any atom is 0.234 e. The molecule has 0 saturated heterocycles. The number of hydrogen-bond acceptors (Lipinski definition) is 2. The van der Waals surface area contributed by atoms with Gasteiger partial charge in [-0.2, -0.15) is 0 Å². The molecule has 5 aromatic carbocycles. The second-order valence-electron chi connectivity index (χ2n) is 11.6. The zero-order valence-electron chi connectivity index (χ0n) is 20.2. The minimum Gasteiger partial charge on any atom is -0.285 e. The first kappa shape index (κ1) is 21.1. The molecule has 9 rings (SSSR count). The van der Waals surface area contributed by atoms with Crippen LogP contribution in [0.4, 0.5) is 0 Å². The van der Waals surface area contributed by atoms with E-state index in [1.807, 2.05) is 36.4 Å². The fourth-order valence-electron chi connectivity index (χ4n) is 8.15. The third-order valence-electron chi connectivity index (χ3n) is 9.28. The van der Waals surface area contributed by atoms with Gasteiger partial charge in [-0.05, 0) is 85.0 Å². The summed E-state index contributed by atoms with van der Waals surface area (Å²) >= 11 is 0. The van der Waals surface area contributed by atoms with E-state index < -0.39 is 10.9 Å². The summed E-state index contributed by atoms with van der Waals surface area (Å²) in [5, 5.41) is 4.90. The van der Waals surface area contributed by atoms with Crippen molar-refractivity contribution in [3.8, 4) is 0 Å². The topological polar surface area (TPSA) is 34.1 Å². The average Bonchev–Trinajstić information content (AvgIpc) is 2.86. The van der Waals surface area contributed by atoms with Crippen molar-refractivity contribution in [2.75, 3.05) is 0 Å². The molecule has 5 aromatic rings. The largest absolute Gasteiger partial charge is 0.285 e. The van der Waals surface area contributed by atoms with Crippen LogP contribution >= 0.6 is 0 Å². The van der Waals surface area contributed by atoms with Gasteiger partial charge in [0, 0.05) is 21.5 Å². The van der Waals surface area contributed by atoms with Gasteiger partial charge in [-0.3, -0.25) is 9.59 Å². The fraction of sp³-hybridized carbons (Fsp3) is 0.333. The van der Waals surface area contributed by atoms with Gasteiger partial charge in [0.1, 0.15) is 0 Å². The van der Waals surface area contributed by atoms with Crippen LogP contribution in [0.2, 0.25) is 0 Å². The summed E-state index contributed by atoms with van der Waals surface area (Å²) in [6.45, 7) is 2.20. The van der Waals surface area contributed by atoms with E-state index in [1.165, 1.54) is 24.8 Å².